The maximum atomic E-state index is 13.7. The SMILES string of the molecule is CCC1CCC2CC(c3ccc(C(=O)Oc4ccc(C#N)c(F)c4)cc3)CCC2C1. The van der Waals surface area contributed by atoms with E-state index in [9.17, 15) is 9.18 Å². The molecule has 0 saturated heterocycles. The van der Waals surface area contributed by atoms with Gasteiger partial charge >= 0.3 is 5.97 Å². The molecule has 0 radical (unpaired) electrons. The van der Waals surface area contributed by atoms with Crippen molar-refractivity contribution in [2.75, 3.05) is 0 Å². The van der Waals surface area contributed by atoms with E-state index in [-0.39, 0.29) is 11.3 Å². The molecular weight excluding hydrogens is 377 g/mol. The van der Waals surface area contributed by atoms with Gasteiger partial charge in [-0.2, -0.15) is 5.26 Å². The van der Waals surface area contributed by atoms with Gasteiger partial charge in [0.15, 0.2) is 0 Å². The maximum absolute atomic E-state index is 13.7. The summed E-state index contributed by atoms with van der Waals surface area (Å²) in [6, 6.07) is 13.2. The maximum Gasteiger partial charge on any atom is 0.343 e. The second-order valence-electron chi connectivity index (χ2n) is 8.88. The molecule has 0 heterocycles. The summed E-state index contributed by atoms with van der Waals surface area (Å²) >= 11 is 0. The summed E-state index contributed by atoms with van der Waals surface area (Å²) in [5.74, 6) is 2.14. The van der Waals surface area contributed by atoms with E-state index in [0.29, 0.717) is 11.5 Å². The quantitative estimate of drug-likeness (QED) is 0.424. The van der Waals surface area contributed by atoms with Crippen LogP contribution < -0.4 is 4.74 Å². The van der Waals surface area contributed by atoms with Crippen LogP contribution in [0.15, 0.2) is 42.5 Å². The molecule has 2 saturated carbocycles. The molecule has 30 heavy (non-hydrogen) atoms. The van der Waals surface area contributed by atoms with Crippen molar-refractivity contribution in [3.8, 4) is 11.8 Å². The minimum absolute atomic E-state index is 0.0722. The molecule has 2 aromatic carbocycles. The molecule has 3 nitrogen and oxygen atoms in total. The zero-order valence-corrected chi connectivity index (χ0v) is 17.4. The molecular formula is C26H28FNO2. The third kappa shape index (κ3) is 4.41. The van der Waals surface area contributed by atoms with E-state index in [2.05, 4.69) is 6.92 Å². The van der Waals surface area contributed by atoms with Crippen LogP contribution in [0.25, 0.3) is 0 Å². The third-order valence-electron chi connectivity index (χ3n) is 7.19. The van der Waals surface area contributed by atoms with Gasteiger partial charge in [0, 0.05) is 6.07 Å². The molecule has 4 unspecified atom stereocenters. The van der Waals surface area contributed by atoms with E-state index in [1.807, 2.05) is 12.1 Å². The predicted octanol–water partition coefficient (Wildman–Crippen LogP) is 6.63. The number of benzene rings is 2. The molecule has 0 spiro atoms. The van der Waals surface area contributed by atoms with Gasteiger partial charge in [-0.3, -0.25) is 0 Å². The van der Waals surface area contributed by atoms with Gasteiger partial charge in [-0.05, 0) is 85.6 Å². The summed E-state index contributed by atoms with van der Waals surface area (Å²) in [5.41, 5.74) is 1.67. The van der Waals surface area contributed by atoms with Crippen LogP contribution in [-0.4, -0.2) is 5.97 Å². The molecule has 0 aliphatic heterocycles. The van der Waals surface area contributed by atoms with E-state index in [4.69, 9.17) is 10.00 Å². The van der Waals surface area contributed by atoms with Crippen molar-refractivity contribution < 1.29 is 13.9 Å². The summed E-state index contributed by atoms with van der Waals surface area (Å²) in [5, 5.41) is 8.79. The van der Waals surface area contributed by atoms with Crippen LogP contribution in [0.5, 0.6) is 5.75 Å². The Morgan fingerprint density at radius 3 is 2.50 bits per heavy atom. The van der Waals surface area contributed by atoms with E-state index in [0.717, 1.165) is 23.8 Å². The molecule has 0 bridgehead atoms. The zero-order valence-electron chi connectivity index (χ0n) is 17.4. The van der Waals surface area contributed by atoms with Crippen molar-refractivity contribution in [3.05, 3.63) is 65.0 Å². The lowest BCUT2D eigenvalue weighted by Crippen LogP contribution is -2.30. The highest BCUT2D eigenvalue weighted by molar-refractivity contribution is 5.91. The van der Waals surface area contributed by atoms with E-state index >= 15 is 0 Å². The zero-order chi connectivity index (χ0) is 21.1. The fourth-order valence-corrected chi connectivity index (χ4v) is 5.37. The van der Waals surface area contributed by atoms with Gasteiger partial charge in [-0.25, -0.2) is 9.18 Å². The Bertz CT molecular complexity index is 946. The minimum atomic E-state index is -0.693. The number of nitriles is 1. The van der Waals surface area contributed by atoms with Crippen LogP contribution in [0.2, 0.25) is 0 Å². The van der Waals surface area contributed by atoms with Crippen LogP contribution >= 0.6 is 0 Å². The van der Waals surface area contributed by atoms with Crippen LogP contribution in [0, 0.1) is 34.9 Å². The Balaban J connectivity index is 1.38. The molecule has 4 atom stereocenters. The second-order valence-corrected chi connectivity index (χ2v) is 8.88. The number of hydrogen-bond acceptors (Lipinski definition) is 3. The molecule has 0 N–H and O–H groups in total. The normalized spacial score (nSPS) is 25.8. The Hall–Kier alpha value is -2.67. The first-order valence-corrected chi connectivity index (χ1v) is 11.1. The molecule has 2 aliphatic rings. The highest BCUT2D eigenvalue weighted by Crippen LogP contribution is 2.48. The second kappa shape index (κ2) is 9.00. The minimum Gasteiger partial charge on any atom is -0.423 e. The molecule has 2 aromatic rings. The van der Waals surface area contributed by atoms with Crippen molar-refractivity contribution in [1.82, 2.24) is 0 Å². The largest absolute Gasteiger partial charge is 0.423 e. The van der Waals surface area contributed by atoms with Crippen molar-refractivity contribution in [3.63, 3.8) is 0 Å². The van der Waals surface area contributed by atoms with Crippen molar-refractivity contribution in [1.29, 1.82) is 5.26 Å². The molecule has 0 aromatic heterocycles. The molecule has 4 rings (SSSR count). The monoisotopic (exact) mass is 405 g/mol. The average molecular weight is 406 g/mol. The summed E-state index contributed by atoms with van der Waals surface area (Å²) < 4.78 is 19.0. The third-order valence-corrected chi connectivity index (χ3v) is 7.19. The summed E-state index contributed by atoms with van der Waals surface area (Å²) in [6.07, 6.45) is 9.28. The fraction of sp³-hybridized carbons (Fsp3) is 0.462. The Labute approximate surface area is 177 Å². The number of fused-ring (bicyclic) bond motifs is 1. The van der Waals surface area contributed by atoms with Gasteiger partial charge in [-0.1, -0.05) is 31.9 Å². The van der Waals surface area contributed by atoms with Gasteiger partial charge in [0.05, 0.1) is 11.1 Å². The smallest absolute Gasteiger partial charge is 0.343 e. The van der Waals surface area contributed by atoms with Crippen molar-refractivity contribution >= 4 is 5.97 Å². The number of carbonyl (C=O) groups excluding carboxylic acids is 1. The molecule has 2 aliphatic carbocycles. The average Bonchev–Trinajstić information content (AvgIpc) is 2.78. The summed E-state index contributed by atoms with van der Waals surface area (Å²) in [4.78, 5) is 12.4. The summed E-state index contributed by atoms with van der Waals surface area (Å²) in [6.45, 7) is 2.32. The lowest BCUT2D eigenvalue weighted by Gasteiger charge is -2.42. The van der Waals surface area contributed by atoms with E-state index in [1.54, 1.807) is 18.2 Å². The number of rotatable bonds is 4. The fourth-order valence-electron chi connectivity index (χ4n) is 5.37. The van der Waals surface area contributed by atoms with Gasteiger partial charge in [0.1, 0.15) is 17.6 Å². The Morgan fingerprint density at radius 1 is 1.07 bits per heavy atom. The van der Waals surface area contributed by atoms with Crippen LogP contribution in [0.3, 0.4) is 0 Å². The molecule has 4 heteroatoms. The Morgan fingerprint density at radius 2 is 1.80 bits per heavy atom. The van der Waals surface area contributed by atoms with Crippen molar-refractivity contribution in [2.24, 2.45) is 17.8 Å². The predicted molar refractivity (Wildman–Crippen MR) is 114 cm³/mol. The lowest BCUT2D eigenvalue weighted by molar-refractivity contribution is 0.0734. The lowest BCUT2D eigenvalue weighted by atomic mass is 9.63. The van der Waals surface area contributed by atoms with Gasteiger partial charge in [0.25, 0.3) is 0 Å². The molecule has 2 fully saturated rings. The van der Waals surface area contributed by atoms with Crippen LogP contribution in [0.4, 0.5) is 4.39 Å². The van der Waals surface area contributed by atoms with Gasteiger partial charge < -0.3 is 4.74 Å². The number of ether oxygens (including phenoxy) is 1. The highest BCUT2D eigenvalue weighted by Gasteiger charge is 2.35. The topological polar surface area (TPSA) is 50.1 Å². The number of nitrogens with zero attached hydrogens (tertiary/aromatic N) is 1. The highest BCUT2D eigenvalue weighted by atomic mass is 19.1. The van der Waals surface area contributed by atoms with Gasteiger partial charge in [-0.15, -0.1) is 0 Å². The molecule has 156 valence electrons. The van der Waals surface area contributed by atoms with Gasteiger partial charge in [0.2, 0.25) is 0 Å². The summed E-state index contributed by atoms with van der Waals surface area (Å²) in [7, 11) is 0. The molecule has 0 amide bonds. The number of hydrogen-bond donors (Lipinski definition) is 0. The number of halogens is 1. The Kier molecular flexibility index (Phi) is 6.18. The van der Waals surface area contributed by atoms with E-state index < -0.39 is 11.8 Å². The van der Waals surface area contributed by atoms with Crippen LogP contribution in [0.1, 0.15) is 79.3 Å². The standard InChI is InChI=1S/C26H28FNO2/c1-2-17-3-4-22-14-21(10-9-20(22)13-17)18-5-7-19(8-6-18)26(29)30-24-12-11-23(16-28)25(27)15-24/h5-8,11-12,15,17,20-22H,2-4,9-10,13-14H2,1H3. The van der Waals surface area contributed by atoms with E-state index in [1.165, 1.54) is 62.6 Å². The first-order chi connectivity index (χ1) is 14.6. The number of carbonyl (C=O) groups is 1. The van der Waals surface area contributed by atoms with Crippen molar-refractivity contribution in [2.45, 2.75) is 57.8 Å². The number of esters is 1. The van der Waals surface area contributed by atoms with Crippen LogP contribution in [-0.2, 0) is 0 Å². The first kappa shape index (κ1) is 20.6. The first-order valence-electron chi connectivity index (χ1n) is 11.1.